The zero-order chi connectivity index (χ0) is 19.4. The van der Waals surface area contributed by atoms with E-state index >= 15 is 0 Å². The van der Waals surface area contributed by atoms with E-state index in [0.717, 1.165) is 28.6 Å². The molecule has 1 N–H and O–H groups in total. The predicted octanol–water partition coefficient (Wildman–Crippen LogP) is 4.94. The molecule has 0 fully saturated rings. The van der Waals surface area contributed by atoms with Gasteiger partial charge in [0.2, 0.25) is 0 Å². The van der Waals surface area contributed by atoms with E-state index in [1.165, 1.54) is 25.0 Å². The normalized spacial score (nSPS) is 12.3. The van der Waals surface area contributed by atoms with Crippen LogP contribution in [-0.2, 0) is 7.05 Å². The van der Waals surface area contributed by atoms with Gasteiger partial charge in [-0.3, -0.25) is 4.79 Å². The van der Waals surface area contributed by atoms with Crippen molar-refractivity contribution in [2.24, 2.45) is 13.0 Å². The molecule has 1 heterocycles. The third-order valence-corrected chi connectivity index (χ3v) is 4.92. The Labute approximate surface area is 159 Å². The van der Waals surface area contributed by atoms with Crippen LogP contribution in [0.3, 0.4) is 0 Å². The standard InChI is InChI=1S/C22H26FN3O/c1-4-5-6-15(2)14-24-22(27)21-25-19-12-9-17(13-20(19)26(21)3)16-7-10-18(23)11-8-16/h7-13,15H,4-6,14H2,1-3H3,(H,24,27)/t15-/m1/s1. The summed E-state index contributed by atoms with van der Waals surface area (Å²) in [6.45, 7) is 4.98. The zero-order valence-electron chi connectivity index (χ0n) is 16.1. The summed E-state index contributed by atoms with van der Waals surface area (Å²) in [4.78, 5) is 17.1. The summed E-state index contributed by atoms with van der Waals surface area (Å²) in [5.41, 5.74) is 3.54. The van der Waals surface area contributed by atoms with Gasteiger partial charge >= 0.3 is 0 Å². The minimum absolute atomic E-state index is 0.152. The molecule has 0 aliphatic rings. The monoisotopic (exact) mass is 367 g/mol. The van der Waals surface area contributed by atoms with Gasteiger partial charge in [-0.05, 0) is 47.7 Å². The summed E-state index contributed by atoms with van der Waals surface area (Å²) in [6.07, 6.45) is 3.45. The van der Waals surface area contributed by atoms with Gasteiger partial charge in [0, 0.05) is 13.6 Å². The maximum Gasteiger partial charge on any atom is 0.287 e. The topological polar surface area (TPSA) is 46.9 Å². The third-order valence-electron chi connectivity index (χ3n) is 4.92. The van der Waals surface area contributed by atoms with Crippen LogP contribution in [0.1, 0.15) is 43.7 Å². The number of halogens is 1. The summed E-state index contributed by atoms with van der Waals surface area (Å²) in [5, 5.41) is 3.00. The van der Waals surface area contributed by atoms with Crippen molar-refractivity contribution < 1.29 is 9.18 Å². The molecule has 1 aromatic heterocycles. The van der Waals surface area contributed by atoms with Crippen LogP contribution >= 0.6 is 0 Å². The van der Waals surface area contributed by atoms with Crippen LogP contribution in [0.25, 0.3) is 22.2 Å². The summed E-state index contributed by atoms with van der Waals surface area (Å²) >= 11 is 0. The second-order valence-corrected chi connectivity index (χ2v) is 7.16. The Balaban J connectivity index is 1.80. The number of nitrogens with one attached hydrogen (secondary N) is 1. The predicted molar refractivity (Wildman–Crippen MR) is 107 cm³/mol. The minimum Gasteiger partial charge on any atom is -0.349 e. The molecule has 0 aliphatic heterocycles. The van der Waals surface area contributed by atoms with E-state index < -0.39 is 0 Å². The Kier molecular flexibility index (Phi) is 5.89. The number of hydrogen-bond donors (Lipinski definition) is 1. The first kappa shape index (κ1) is 19.1. The Bertz CT molecular complexity index is 931. The highest BCUT2D eigenvalue weighted by atomic mass is 19.1. The van der Waals surface area contributed by atoms with Crippen LogP contribution in [0.4, 0.5) is 4.39 Å². The van der Waals surface area contributed by atoms with Crippen molar-refractivity contribution in [1.29, 1.82) is 0 Å². The number of hydrogen-bond acceptors (Lipinski definition) is 2. The molecular formula is C22H26FN3O. The Morgan fingerprint density at radius 3 is 2.59 bits per heavy atom. The van der Waals surface area contributed by atoms with Gasteiger partial charge in [-0.1, -0.05) is 44.9 Å². The number of rotatable bonds is 7. The number of carbonyl (C=O) groups excluding carboxylic acids is 1. The fraction of sp³-hybridized carbons (Fsp3) is 0.364. The quantitative estimate of drug-likeness (QED) is 0.643. The van der Waals surface area contributed by atoms with Crippen LogP contribution < -0.4 is 5.32 Å². The maximum atomic E-state index is 13.2. The highest BCUT2D eigenvalue weighted by Crippen LogP contribution is 2.25. The molecule has 4 nitrogen and oxygen atoms in total. The van der Waals surface area contributed by atoms with Gasteiger partial charge < -0.3 is 9.88 Å². The fourth-order valence-corrected chi connectivity index (χ4v) is 3.22. The lowest BCUT2D eigenvalue weighted by Gasteiger charge is -2.11. The van der Waals surface area contributed by atoms with Crippen molar-refractivity contribution in [3.63, 3.8) is 0 Å². The van der Waals surface area contributed by atoms with E-state index in [-0.39, 0.29) is 11.7 Å². The highest BCUT2D eigenvalue weighted by Gasteiger charge is 2.16. The number of aryl methyl sites for hydroxylation is 1. The van der Waals surface area contributed by atoms with E-state index in [0.29, 0.717) is 18.3 Å². The van der Waals surface area contributed by atoms with E-state index in [2.05, 4.69) is 24.1 Å². The average molecular weight is 367 g/mol. The molecule has 3 aromatic rings. The molecule has 142 valence electrons. The smallest absolute Gasteiger partial charge is 0.287 e. The van der Waals surface area contributed by atoms with Crippen LogP contribution in [0.5, 0.6) is 0 Å². The van der Waals surface area contributed by atoms with E-state index in [1.807, 2.05) is 29.8 Å². The van der Waals surface area contributed by atoms with Crippen LogP contribution in [0, 0.1) is 11.7 Å². The first-order valence-corrected chi connectivity index (χ1v) is 9.50. The Morgan fingerprint density at radius 1 is 1.19 bits per heavy atom. The number of nitrogens with zero attached hydrogens (tertiary/aromatic N) is 2. The van der Waals surface area contributed by atoms with Gasteiger partial charge in [-0.25, -0.2) is 9.37 Å². The van der Waals surface area contributed by atoms with Gasteiger partial charge in [0.1, 0.15) is 5.82 Å². The molecule has 0 unspecified atom stereocenters. The molecular weight excluding hydrogens is 341 g/mol. The Hall–Kier alpha value is -2.69. The highest BCUT2D eigenvalue weighted by molar-refractivity contribution is 5.95. The Morgan fingerprint density at radius 2 is 1.89 bits per heavy atom. The molecule has 1 atom stereocenters. The van der Waals surface area contributed by atoms with Crippen molar-refractivity contribution in [3.8, 4) is 11.1 Å². The second-order valence-electron chi connectivity index (χ2n) is 7.16. The lowest BCUT2D eigenvalue weighted by atomic mass is 10.0. The summed E-state index contributed by atoms with van der Waals surface area (Å²) in [5.74, 6) is 0.450. The van der Waals surface area contributed by atoms with Crippen molar-refractivity contribution in [3.05, 3.63) is 54.1 Å². The minimum atomic E-state index is -0.257. The van der Waals surface area contributed by atoms with Crippen LogP contribution in [-0.4, -0.2) is 22.0 Å². The van der Waals surface area contributed by atoms with Gasteiger partial charge in [0.25, 0.3) is 5.91 Å². The van der Waals surface area contributed by atoms with Gasteiger partial charge in [-0.15, -0.1) is 0 Å². The molecule has 5 heteroatoms. The molecule has 3 rings (SSSR count). The van der Waals surface area contributed by atoms with E-state index in [9.17, 15) is 9.18 Å². The maximum absolute atomic E-state index is 13.2. The number of fused-ring (bicyclic) bond motifs is 1. The van der Waals surface area contributed by atoms with Gasteiger partial charge in [-0.2, -0.15) is 0 Å². The first-order chi connectivity index (χ1) is 13.0. The molecule has 1 amide bonds. The van der Waals surface area contributed by atoms with Crippen LogP contribution in [0.2, 0.25) is 0 Å². The lowest BCUT2D eigenvalue weighted by Crippen LogP contribution is -2.30. The summed E-state index contributed by atoms with van der Waals surface area (Å²) < 4.78 is 15.0. The van der Waals surface area contributed by atoms with Crippen LogP contribution in [0.15, 0.2) is 42.5 Å². The summed E-state index contributed by atoms with van der Waals surface area (Å²) in [7, 11) is 1.85. The van der Waals surface area contributed by atoms with Gasteiger partial charge in [0.05, 0.1) is 11.0 Å². The first-order valence-electron chi connectivity index (χ1n) is 9.50. The van der Waals surface area contributed by atoms with Crippen molar-refractivity contribution >= 4 is 16.9 Å². The number of aromatic nitrogens is 2. The van der Waals surface area contributed by atoms with E-state index in [1.54, 1.807) is 12.1 Å². The van der Waals surface area contributed by atoms with Crippen molar-refractivity contribution in [2.75, 3.05) is 6.54 Å². The third kappa shape index (κ3) is 4.35. The molecule has 0 radical (unpaired) electrons. The largest absolute Gasteiger partial charge is 0.349 e. The molecule has 0 aliphatic carbocycles. The molecule has 27 heavy (non-hydrogen) atoms. The number of amides is 1. The zero-order valence-corrected chi connectivity index (χ0v) is 16.1. The van der Waals surface area contributed by atoms with E-state index in [4.69, 9.17) is 0 Å². The second kappa shape index (κ2) is 8.33. The molecule has 0 saturated heterocycles. The molecule has 0 bridgehead atoms. The lowest BCUT2D eigenvalue weighted by molar-refractivity contribution is 0.0934. The van der Waals surface area contributed by atoms with Gasteiger partial charge in [0.15, 0.2) is 5.82 Å². The van der Waals surface area contributed by atoms with Crippen molar-refractivity contribution in [1.82, 2.24) is 14.9 Å². The fourth-order valence-electron chi connectivity index (χ4n) is 3.22. The SMILES string of the molecule is CCCC[C@@H](C)CNC(=O)c1nc2ccc(-c3ccc(F)cc3)cc2n1C. The molecule has 2 aromatic carbocycles. The molecule has 0 saturated carbocycles. The average Bonchev–Trinajstić information content (AvgIpc) is 3.01. The number of unbranched alkanes of at least 4 members (excludes halogenated alkanes) is 1. The van der Waals surface area contributed by atoms with Crippen molar-refractivity contribution in [2.45, 2.75) is 33.1 Å². The summed E-state index contributed by atoms with van der Waals surface area (Å²) in [6, 6.07) is 12.2. The number of benzene rings is 2. The molecule has 0 spiro atoms. The number of imidazole rings is 1. The number of carbonyl (C=O) groups is 1.